The molecule has 0 atom stereocenters. The normalized spacial score (nSPS) is 6.40. The van der Waals surface area contributed by atoms with Gasteiger partial charge < -0.3 is 4.42 Å². The summed E-state index contributed by atoms with van der Waals surface area (Å²) in [7, 11) is 5.18. The molecule has 1 heterocycles. The van der Waals surface area contributed by atoms with E-state index in [2.05, 4.69) is 4.42 Å². The molecule has 0 bridgehead atoms. The maximum Gasteiger partial charge on any atom is 0.118 e. The van der Waals surface area contributed by atoms with Crippen LogP contribution in [0.15, 0.2) is 23.0 Å². The highest BCUT2D eigenvalue weighted by Gasteiger charge is 1.75. The van der Waals surface area contributed by atoms with Crippen molar-refractivity contribution in [2.45, 2.75) is 27.7 Å². The van der Waals surface area contributed by atoms with E-state index in [4.69, 9.17) is 7.85 Å². The third-order valence-corrected chi connectivity index (χ3v) is 0.543. The highest BCUT2D eigenvalue weighted by Crippen LogP contribution is 1.75. The predicted octanol–water partition coefficient (Wildman–Crippen LogP) is 2.13. The molecule has 1 nitrogen and oxygen atoms in total. The van der Waals surface area contributed by atoms with Crippen molar-refractivity contribution in [1.82, 2.24) is 0 Å². The van der Waals surface area contributed by atoms with Gasteiger partial charge in [0.1, 0.15) is 7.85 Å². The molecule has 2 heteroatoms. The fourth-order valence-electron chi connectivity index (χ4n) is 0.275. The lowest BCUT2D eigenvalue weighted by Gasteiger charge is -1.63. The topological polar surface area (TPSA) is 13.1 Å². The summed E-state index contributed by atoms with van der Waals surface area (Å²) in [5.74, 6) is 0. The molecule has 56 valence electrons. The first-order valence-corrected chi connectivity index (χ1v) is 3.67. The Balaban J connectivity index is 0. The smallest absolute Gasteiger partial charge is 0.118 e. The standard InChI is InChI=1S/C4H3BO.2C2H6/c5-4-1-2-6-3-4;2*1-2/h1-3H;2*1-2H3. The van der Waals surface area contributed by atoms with Crippen molar-refractivity contribution >= 4 is 13.3 Å². The SMILES string of the molecule is CC.CC.[B]c1ccoc1. The van der Waals surface area contributed by atoms with E-state index in [1.54, 1.807) is 6.07 Å². The van der Waals surface area contributed by atoms with Crippen LogP contribution in [-0.2, 0) is 0 Å². The molecule has 0 N–H and O–H groups in total. The monoisotopic (exact) mass is 138 g/mol. The minimum atomic E-state index is 0.676. The van der Waals surface area contributed by atoms with Crippen molar-refractivity contribution < 1.29 is 4.42 Å². The summed E-state index contributed by atoms with van der Waals surface area (Å²) in [6, 6.07) is 1.69. The molecule has 0 amide bonds. The number of hydrogen-bond donors (Lipinski definition) is 0. The molecule has 0 aromatic carbocycles. The lowest BCUT2D eigenvalue weighted by molar-refractivity contribution is 0.569. The Morgan fingerprint density at radius 3 is 1.80 bits per heavy atom. The average Bonchev–Trinajstić information content (AvgIpc) is 2.48. The fourth-order valence-corrected chi connectivity index (χ4v) is 0.275. The second-order valence-corrected chi connectivity index (χ2v) is 1.06. The van der Waals surface area contributed by atoms with E-state index in [1.165, 1.54) is 12.5 Å². The molecule has 0 aliphatic rings. The summed E-state index contributed by atoms with van der Waals surface area (Å²) >= 11 is 0. The summed E-state index contributed by atoms with van der Waals surface area (Å²) in [6.07, 6.45) is 3.02. The number of hydrogen-bond acceptors (Lipinski definition) is 1. The Morgan fingerprint density at radius 2 is 1.70 bits per heavy atom. The van der Waals surface area contributed by atoms with E-state index in [-0.39, 0.29) is 0 Å². The summed E-state index contributed by atoms with van der Waals surface area (Å²) in [4.78, 5) is 0. The van der Waals surface area contributed by atoms with E-state index in [0.29, 0.717) is 5.46 Å². The molecule has 0 aliphatic heterocycles. The van der Waals surface area contributed by atoms with Gasteiger partial charge >= 0.3 is 0 Å². The van der Waals surface area contributed by atoms with Crippen LogP contribution in [0.3, 0.4) is 0 Å². The van der Waals surface area contributed by atoms with E-state index < -0.39 is 0 Å². The molecule has 0 saturated heterocycles. The zero-order valence-electron chi connectivity index (χ0n) is 7.22. The second kappa shape index (κ2) is 11.2. The molecule has 0 unspecified atom stereocenters. The first-order chi connectivity index (χ1) is 4.89. The molecule has 2 radical (unpaired) electrons. The Bertz CT molecular complexity index is 113. The fraction of sp³-hybridized carbons (Fsp3) is 0.500. The van der Waals surface area contributed by atoms with Crippen molar-refractivity contribution in [3.8, 4) is 0 Å². The van der Waals surface area contributed by atoms with Crippen LogP contribution in [-0.4, -0.2) is 7.85 Å². The zero-order valence-corrected chi connectivity index (χ0v) is 7.22. The largest absolute Gasteiger partial charge is 0.473 e. The van der Waals surface area contributed by atoms with Gasteiger partial charge in [0.05, 0.1) is 12.5 Å². The van der Waals surface area contributed by atoms with E-state index in [1.807, 2.05) is 27.7 Å². The molecule has 1 rings (SSSR count). The van der Waals surface area contributed by atoms with Gasteiger partial charge in [0.15, 0.2) is 0 Å². The molecule has 1 aromatic rings. The highest BCUT2D eigenvalue weighted by molar-refractivity contribution is 6.31. The van der Waals surface area contributed by atoms with Crippen LogP contribution < -0.4 is 5.46 Å². The third-order valence-electron chi connectivity index (χ3n) is 0.543. The Kier molecular flexibility index (Phi) is 13.5. The maximum atomic E-state index is 5.18. The Morgan fingerprint density at radius 1 is 1.20 bits per heavy atom. The van der Waals surface area contributed by atoms with E-state index in [0.717, 1.165) is 0 Å². The highest BCUT2D eigenvalue weighted by atomic mass is 16.3. The van der Waals surface area contributed by atoms with Crippen molar-refractivity contribution in [2.24, 2.45) is 0 Å². The van der Waals surface area contributed by atoms with Gasteiger partial charge in [-0.1, -0.05) is 33.2 Å². The van der Waals surface area contributed by atoms with Crippen molar-refractivity contribution in [3.05, 3.63) is 18.6 Å². The minimum Gasteiger partial charge on any atom is -0.473 e. The molecule has 10 heavy (non-hydrogen) atoms. The molecule has 1 aromatic heterocycles. The average molecular weight is 138 g/mol. The van der Waals surface area contributed by atoms with Gasteiger partial charge in [0.2, 0.25) is 0 Å². The summed E-state index contributed by atoms with van der Waals surface area (Å²) < 4.78 is 4.59. The first kappa shape index (κ1) is 12.1. The van der Waals surface area contributed by atoms with Crippen LogP contribution in [0.1, 0.15) is 27.7 Å². The minimum absolute atomic E-state index is 0.676. The van der Waals surface area contributed by atoms with Gasteiger partial charge in [-0.05, 0) is 6.07 Å². The van der Waals surface area contributed by atoms with Gasteiger partial charge in [0, 0.05) is 0 Å². The summed E-state index contributed by atoms with van der Waals surface area (Å²) in [6.45, 7) is 8.00. The van der Waals surface area contributed by atoms with E-state index in [9.17, 15) is 0 Å². The summed E-state index contributed by atoms with van der Waals surface area (Å²) in [5, 5.41) is 0. The van der Waals surface area contributed by atoms with Crippen LogP contribution in [0.5, 0.6) is 0 Å². The first-order valence-electron chi connectivity index (χ1n) is 3.67. The van der Waals surface area contributed by atoms with Crippen LogP contribution >= 0.6 is 0 Å². The van der Waals surface area contributed by atoms with Crippen LogP contribution in [0.4, 0.5) is 0 Å². The quantitative estimate of drug-likeness (QED) is 0.500. The van der Waals surface area contributed by atoms with Gasteiger partial charge in [-0.15, -0.1) is 0 Å². The van der Waals surface area contributed by atoms with Crippen LogP contribution in [0, 0.1) is 0 Å². The van der Waals surface area contributed by atoms with Crippen molar-refractivity contribution in [2.75, 3.05) is 0 Å². The lowest BCUT2D eigenvalue weighted by Crippen LogP contribution is -1.92. The third kappa shape index (κ3) is 7.34. The van der Waals surface area contributed by atoms with Crippen LogP contribution in [0.25, 0.3) is 0 Å². The Hall–Kier alpha value is -0.655. The predicted molar refractivity (Wildman–Crippen MR) is 46.8 cm³/mol. The van der Waals surface area contributed by atoms with Gasteiger partial charge in [-0.3, -0.25) is 0 Å². The number of rotatable bonds is 0. The molecule has 0 spiro atoms. The molecule has 0 fully saturated rings. The zero-order chi connectivity index (χ0) is 8.41. The van der Waals surface area contributed by atoms with Crippen molar-refractivity contribution in [1.29, 1.82) is 0 Å². The summed E-state index contributed by atoms with van der Waals surface area (Å²) in [5.41, 5.74) is 0.676. The van der Waals surface area contributed by atoms with Crippen molar-refractivity contribution in [3.63, 3.8) is 0 Å². The van der Waals surface area contributed by atoms with Crippen LogP contribution in [0.2, 0.25) is 0 Å². The molecular formula is C8H15BO. The second-order valence-electron chi connectivity index (χ2n) is 1.06. The van der Waals surface area contributed by atoms with Gasteiger partial charge in [-0.2, -0.15) is 0 Å². The Labute approximate surface area is 64.8 Å². The lowest BCUT2D eigenvalue weighted by atomic mass is 10.0. The van der Waals surface area contributed by atoms with E-state index >= 15 is 0 Å². The van der Waals surface area contributed by atoms with Gasteiger partial charge in [0.25, 0.3) is 0 Å². The molecule has 0 saturated carbocycles. The maximum absolute atomic E-state index is 5.18. The molecule has 0 aliphatic carbocycles. The molecular weight excluding hydrogens is 123 g/mol. The number of furan rings is 1. The van der Waals surface area contributed by atoms with Gasteiger partial charge in [-0.25, -0.2) is 0 Å².